The van der Waals surface area contributed by atoms with Gasteiger partial charge in [0.2, 0.25) is 5.06 Å². The van der Waals surface area contributed by atoms with Crippen LogP contribution >= 0.6 is 22.7 Å². The third kappa shape index (κ3) is 5.01. The van der Waals surface area contributed by atoms with Crippen molar-refractivity contribution in [3.8, 4) is 32.9 Å². The molecule has 0 aliphatic carbocycles. The van der Waals surface area contributed by atoms with Crippen LogP contribution in [-0.2, 0) is 0 Å². The van der Waals surface area contributed by atoms with Crippen LogP contribution in [0, 0.1) is 0 Å². The number of thiazole rings is 2. The predicted octanol–water partition coefficient (Wildman–Crippen LogP) is 6.85. The number of fused-ring (bicyclic) bond motifs is 2. The van der Waals surface area contributed by atoms with Gasteiger partial charge in [0.25, 0.3) is 0 Å². The van der Waals surface area contributed by atoms with Crippen molar-refractivity contribution in [3.05, 3.63) is 72.4 Å². The molecule has 6 rings (SSSR count). The fourth-order valence-corrected chi connectivity index (χ4v) is 5.96. The van der Waals surface area contributed by atoms with Gasteiger partial charge in [0, 0.05) is 12.5 Å². The van der Waals surface area contributed by atoms with Crippen molar-refractivity contribution in [3.63, 3.8) is 0 Å². The van der Waals surface area contributed by atoms with Gasteiger partial charge in [-0.3, -0.25) is 15.0 Å². The molecule has 9 nitrogen and oxygen atoms in total. The van der Waals surface area contributed by atoms with E-state index in [0.717, 1.165) is 15.8 Å². The second kappa shape index (κ2) is 10.4. The number of carbonyl (C=O) groups is 2. The molecule has 5 aromatic rings. The number of ketones is 1. The van der Waals surface area contributed by atoms with E-state index in [2.05, 4.69) is 15.3 Å². The number of carbonyl (C=O) groups excluding carboxylic acids is 2. The van der Waals surface area contributed by atoms with Gasteiger partial charge in [0.05, 0.1) is 29.6 Å². The molecule has 2 amide bonds. The van der Waals surface area contributed by atoms with Crippen LogP contribution in [0.15, 0.2) is 66.7 Å². The molecule has 11 heteroatoms. The number of Topliss-reactive ketones (excluding diaryl/α,β-unsaturated/α-hetero) is 1. The number of nitrogens with zero attached hydrogens (tertiary/aromatic N) is 3. The van der Waals surface area contributed by atoms with Gasteiger partial charge in [-0.1, -0.05) is 34.8 Å². The average molecular weight is 559 g/mol. The van der Waals surface area contributed by atoms with Gasteiger partial charge < -0.3 is 14.2 Å². The largest absolute Gasteiger partial charge is 0.497 e. The molecule has 39 heavy (non-hydrogen) atoms. The van der Waals surface area contributed by atoms with Gasteiger partial charge in [-0.2, -0.15) is 0 Å². The lowest BCUT2D eigenvalue weighted by Crippen LogP contribution is -2.40. The molecule has 0 unspecified atom stereocenters. The highest BCUT2D eigenvalue weighted by Gasteiger charge is 2.26. The smallest absolute Gasteiger partial charge is 0.328 e. The number of hydrogen-bond donors (Lipinski definition) is 1. The zero-order valence-corrected chi connectivity index (χ0v) is 22.6. The van der Waals surface area contributed by atoms with Crippen molar-refractivity contribution >= 4 is 55.5 Å². The molecule has 0 saturated carbocycles. The molecule has 196 valence electrons. The van der Waals surface area contributed by atoms with E-state index < -0.39 is 0 Å². The Morgan fingerprint density at radius 2 is 1.79 bits per heavy atom. The van der Waals surface area contributed by atoms with E-state index in [0.29, 0.717) is 51.3 Å². The fraction of sp³-hybridized carbons (Fsp3) is 0.143. The lowest BCUT2D eigenvalue weighted by Gasteiger charge is -2.29. The van der Waals surface area contributed by atoms with Crippen LogP contribution in [0.2, 0.25) is 0 Å². The third-order valence-corrected chi connectivity index (χ3v) is 7.96. The number of hydrogen-bond acceptors (Lipinski definition) is 9. The van der Waals surface area contributed by atoms with Crippen LogP contribution in [0.25, 0.3) is 20.8 Å². The van der Waals surface area contributed by atoms with Crippen molar-refractivity contribution in [2.24, 2.45) is 0 Å². The highest BCUT2D eigenvalue weighted by molar-refractivity contribution is 7.22. The molecule has 0 saturated heterocycles. The topological polar surface area (TPSA) is 103 Å². The summed E-state index contributed by atoms with van der Waals surface area (Å²) < 4.78 is 18.0. The number of urea groups is 1. The first-order valence-corrected chi connectivity index (χ1v) is 13.7. The Bertz CT molecular complexity index is 1660. The average Bonchev–Trinajstić information content (AvgIpc) is 3.56. The van der Waals surface area contributed by atoms with E-state index >= 15 is 0 Å². The third-order valence-electron chi connectivity index (χ3n) is 6.02. The molecule has 0 radical (unpaired) electrons. The van der Waals surface area contributed by atoms with E-state index in [1.54, 1.807) is 42.3 Å². The summed E-state index contributed by atoms with van der Waals surface area (Å²) in [6.45, 7) is 2.19. The van der Waals surface area contributed by atoms with Crippen molar-refractivity contribution in [1.82, 2.24) is 9.97 Å². The van der Waals surface area contributed by atoms with Crippen LogP contribution < -0.4 is 24.4 Å². The normalized spacial score (nSPS) is 12.5. The first kappa shape index (κ1) is 24.8. The second-order valence-corrected chi connectivity index (χ2v) is 10.6. The molecular weight excluding hydrogens is 536 g/mol. The summed E-state index contributed by atoms with van der Waals surface area (Å²) in [6, 6.07) is 20.0. The zero-order chi connectivity index (χ0) is 26.9. The summed E-state index contributed by atoms with van der Waals surface area (Å²) in [6.07, 6.45) is 0. The first-order valence-electron chi connectivity index (χ1n) is 12.0. The SMILES string of the molecule is COc1ccc(Oc2sc(-c3ccc4c(c3)N(C(=O)Nc3nc5ccccc5s3)CCO4)nc2C(C)=O)cc1. The summed E-state index contributed by atoms with van der Waals surface area (Å²) in [5.41, 5.74) is 2.41. The summed E-state index contributed by atoms with van der Waals surface area (Å²) in [4.78, 5) is 36.4. The van der Waals surface area contributed by atoms with Crippen molar-refractivity contribution < 1.29 is 23.8 Å². The minimum absolute atomic E-state index is 0.209. The Morgan fingerprint density at radius 1 is 1.00 bits per heavy atom. The van der Waals surface area contributed by atoms with Crippen LogP contribution in [-0.4, -0.2) is 42.0 Å². The van der Waals surface area contributed by atoms with Crippen LogP contribution in [0.4, 0.5) is 15.6 Å². The van der Waals surface area contributed by atoms with Gasteiger partial charge in [0.1, 0.15) is 28.9 Å². The molecule has 0 fully saturated rings. The lowest BCUT2D eigenvalue weighted by atomic mass is 10.1. The number of benzene rings is 3. The Labute approximate surface area is 231 Å². The minimum atomic E-state index is -0.303. The van der Waals surface area contributed by atoms with Gasteiger partial charge in [-0.15, -0.1) is 0 Å². The molecule has 1 aliphatic rings. The summed E-state index contributed by atoms with van der Waals surface area (Å²) >= 11 is 2.68. The molecule has 0 bridgehead atoms. The predicted molar refractivity (Wildman–Crippen MR) is 152 cm³/mol. The van der Waals surface area contributed by atoms with E-state index in [1.807, 2.05) is 36.4 Å². The quantitative estimate of drug-likeness (QED) is 0.227. The van der Waals surface area contributed by atoms with E-state index in [9.17, 15) is 9.59 Å². The fourth-order valence-electron chi connectivity index (χ4n) is 4.12. The van der Waals surface area contributed by atoms with E-state index in [1.165, 1.54) is 29.6 Å². The summed E-state index contributed by atoms with van der Waals surface area (Å²) in [5.74, 6) is 1.64. The van der Waals surface area contributed by atoms with Crippen LogP contribution in [0.1, 0.15) is 17.4 Å². The standard InChI is InChI=1S/C28H22N4O5S2/c1-16(33)24-26(37-19-10-8-18(35-2)9-11-19)39-25(30-24)17-7-12-22-21(15-17)32(13-14-36-22)28(34)31-27-29-20-5-3-4-6-23(20)38-27/h3-12,15H,13-14H2,1-2H3,(H,29,31,34). The zero-order valence-electron chi connectivity index (χ0n) is 21.0. The van der Waals surface area contributed by atoms with Gasteiger partial charge in [-0.25, -0.2) is 14.8 Å². The van der Waals surface area contributed by atoms with E-state index in [-0.39, 0.29) is 17.5 Å². The van der Waals surface area contributed by atoms with Gasteiger partial charge in [0.15, 0.2) is 16.6 Å². The highest BCUT2D eigenvalue weighted by Crippen LogP contribution is 2.41. The summed E-state index contributed by atoms with van der Waals surface area (Å²) in [5, 5.41) is 4.42. The number of anilines is 2. The molecule has 0 atom stereocenters. The molecule has 1 N–H and O–H groups in total. The first-order chi connectivity index (χ1) is 19.0. The Balaban J connectivity index is 1.29. The van der Waals surface area contributed by atoms with E-state index in [4.69, 9.17) is 14.2 Å². The Morgan fingerprint density at radius 3 is 2.56 bits per heavy atom. The second-order valence-electron chi connectivity index (χ2n) is 8.59. The van der Waals surface area contributed by atoms with Crippen molar-refractivity contribution in [1.29, 1.82) is 0 Å². The molecule has 2 aromatic heterocycles. The monoisotopic (exact) mass is 558 g/mol. The number of amides is 2. The van der Waals surface area contributed by atoms with Crippen molar-refractivity contribution in [2.45, 2.75) is 6.92 Å². The maximum atomic E-state index is 13.3. The molecular formula is C28H22N4O5S2. The van der Waals surface area contributed by atoms with Crippen LogP contribution in [0.3, 0.4) is 0 Å². The number of rotatable bonds is 6. The maximum Gasteiger partial charge on any atom is 0.328 e. The van der Waals surface area contributed by atoms with Gasteiger partial charge >= 0.3 is 6.03 Å². The number of ether oxygens (including phenoxy) is 3. The summed E-state index contributed by atoms with van der Waals surface area (Å²) in [7, 11) is 1.59. The number of para-hydroxylation sites is 1. The maximum absolute atomic E-state index is 13.3. The minimum Gasteiger partial charge on any atom is -0.497 e. The van der Waals surface area contributed by atoms with Gasteiger partial charge in [-0.05, 0) is 54.6 Å². The molecule has 3 aromatic carbocycles. The van der Waals surface area contributed by atoms with Crippen LogP contribution in [0.5, 0.6) is 22.3 Å². The molecule has 0 spiro atoms. The van der Waals surface area contributed by atoms with Crippen molar-refractivity contribution in [2.75, 3.05) is 30.5 Å². The Hall–Kier alpha value is -4.48. The lowest BCUT2D eigenvalue weighted by molar-refractivity contribution is 0.101. The number of methoxy groups -OCH3 is 1. The Kier molecular flexibility index (Phi) is 6.59. The number of aromatic nitrogens is 2. The molecule has 1 aliphatic heterocycles. The number of nitrogens with one attached hydrogen (secondary N) is 1. The molecule has 3 heterocycles. The highest BCUT2D eigenvalue weighted by atomic mass is 32.1.